The molecule has 78 valence electrons. The van der Waals surface area contributed by atoms with Gasteiger partial charge in [0.25, 0.3) is 0 Å². The van der Waals surface area contributed by atoms with Gasteiger partial charge in [-0.25, -0.2) is 4.39 Å². The first-order valence-electron chi connectivity index (χ1n) is 5.23. The minimum absolute atomic E-state index is 0.0897. The predicted octanol–water partition coefficient (Wildman–Crippen LogP) is 2.89. The highest BCUT2D eigenvalue weighted by Crippen LogP contribution is 2.10. The average molecular weight is 195 g/mol. The zero-order valence-electron chi connectivity index (χ0n) is 8.67. The Kier molecular flexibility index (Phi) is 4.60. The van der Waals surface area contributed by atoms with Gasteiger partial charge < -0.3 is 5.73 Å². The highest BCUT2D eigenvalue weighted by molar-refractivity contribution is 5.18. The van der Waals surface area contributed by atoms with E-state index in [0.717, 1.165) is 24.8 Å². The van der Waals surface area contributed by atoms with Gasteiger partial charge in [0.15, 0.2) is 0 Å². The van der Waals surface area contributed by atoms with Crippen molar-refractivity contribution in [2.45, 2.75) is 38.6 Å². The second-order valence-corrected chi connectivity index (χ2v) is 3.70. The van der Waals surface area contributed by atoms with Gasteiger partial charge >= 0.3 is 0 Å². The van der Waals surface area contributed by atoms with Crippen LogP contribution in [0.15, 0.2) is 24.3 Å². The summed E-state index contributed by atoms with van der Waals surface area (Å²) >= 11 is 0. The lowest BCUT2D eigenvalue weighted by Gasteiger charge is -2.11. The summed E-state index contributed by atoms with van der Waals surface area (Å²) in [4.78, 5) is 0. The van der Waals surface area contributed by atoms with Crippen LogP contribution in [-0.4, -0.2) is 6.04 Å². The van der Waals surface area contributed by atoms with Gasteiger partial charge in [0.2, 0.25) is 0 Å². The Morgan fingerprint density at radius 3 is 2.71 bits per heavy atom. The molecule has 1 aromatic carbocycles. The standard InChI is InChI=1S/C12H18FN/c1-2-3-7-11(14)9-10-6-4-5-8-12(10)13/h4-6,8,11H,2-3,7,9,14H2,1H3. The average Bonchev–Trinajstić information content (AvgIpc) is 2.18. The Labute approximate surface area is 85.1 Å². The maximum atomic E-state index is 13.2. The smallest absolute Gasteiger partial charge is 0.126 e. The molecule has 14 heavy (non-hydrogen) atoms. The number of halogens is 1. The van der Waals surface area contributed by atoms with Crippen molar-refractivity contribution in [3.05, 3.63) is 35.6 Å². The fourth-order valence-corrected chi connectivity index (χ4v) is 1.51. The van der Waals surface area contributed by atoms with Gasteiger partial charge in [-0.05, 0) is 24.5 Å². The van der Waals surface area contributed by atoms with Gasteiger partial charge in [-0.3, -0.25) is 0 Å². The van der Waals surface area contributed by atoms with Crippen LogP contribution in [0.2, 0.25) is 0 Å². The van der Waals surface area contributed by atoms with Crippen LogP contribution in [0.3, 0.4) is 0 Å². The molecule has 0 spiro atoms. The fourth-order valence-electron chi connectivity index (χ4n) is 1.51. The molecule has 0 saturated carbocycles. The molecule has 1 rings (SSSR count). The molecule has 0 heterocycles. The van der Waals surface area contributed by atoms with Crippen LogP contribution in [0.1, 0.15) is 31.7 Å². The summed E-state index contributed by atoms with van der Waals surface area (Å²) in [5.41, 5.74) is 6.63. The van der Waals surface area contributed by atoms with Crippen LogP contribution < -0.4 is 5.73 Å². The number of rotatable bonds is 5. The maximum Gasteiger partial charge on any atom is 0.126 e. The number of benzene rings is 1. The third-order valence-corrected chi connectivity index (χ3v) is 2.37. The molecule has 0 aliphatic heterocycles. The van der Waals surface area contributed by atoms with E-state index < -0.39 is 0 Å². The molecule has 2 heteroatoms. The molecule has 1 aromatic rings. The van der Waals surface area contributed by atoms with Gasteiger partial charge in [-0.1, -0.05) is 38.0 Å². The Balaban J connectivity index is 2.47. The van der Waals surface area contributed by atoms with Crippen LogP contribution >= 0.6 is 0 Å². The van der Waals surface area contributed by atoms with E-state index in [0.29, 0.717) is 6.42 Å². The van der Waals surface area contributed by atoms with Crippen LogP contribution in [-0.2, 0) is 6.42 Å². The van der Waals surface area contributed by atoms with E-state index in [-0.39, 0.29) is 11.9 Å². The number of nitrogens with two attached hydrogens (primary N) is 1. The zero-order chi connectivity index (χ0) is 10.4. The fraction of sp³-hybridized carbons (Fsp3) is 0.500. The third kappa shape index (κ3) is 3.46. The van der Waals surface area contributed by atoms with Crippen molar-refractivity contribution in [1.82, 2.24) is 0 Å². The lowest BCUT2D eigenvalue weighted by molar-refractivity contribution is 0.548. The van der Waals surface area contributed by atoms with E-state index in [1.54, 1.807) is 12.1 Å². The second-order valence-electron chi connectivity index (χ2n) is 3.70. The van der Waals surface area contributed by atoms with E-state index in [9.17, 15) is 4.39 Å². The van der Waals surface area contributed by atoms with E-state index in [4.69, 9.17) is 5.73 Å². The summed E-state index contributed by atoms with van der Waals surface area (Å²) in [6.45, 7) is 2.13. The van der Waals surface area contributed by atoms with Gasteiger partial charge in [-0.15, -0.1) is 0 Å². The van der Waals surface area contributed by atoms with E-state index in [1.807, 2.05) is 6.07 Å². The van der Waals surface area contributed by atoms with Crippen LogP contribution in [0, 0.1) is 5.82 Å². The molecule has 2 N–H and O–H groups in total. The Morgan fingerprint density at radius 2 is 2.07 bits per heavy atom. The molecule has 0 bridgehead atoms. The van der Waals surface area contributed by atoms with Gasteiger partial charge in [0.05, 0.1) is 0 Å². The molecule has 0 fully saturated rings. The van der Waals surface area contributed by atoms with Gasteiger partial charge in [-0.2, -0.15) is 0 Å². The lowest BCUT2D eigenvalue weighted by atomic mass is 10.0. The SMILES string of the molecule is CCCCC(N)Cc1ccccc1F. The molecule has 1 unspecified atom stereocenters. The Bertz CT molecular complexity index is 273. The zero-order valence-corrected chi connectivity index (χ0v) is 8.67. The first-order chi connectivity index (χ1) is 6.74. The predicted molar refractivity (Wildman–Crippen MR) is 57.6 cm³/mol. The third-order valence-electron chi connectivity index (χ3n) is 2.37. The largest absolute Gasteiger partial charge is 0.327 e. The topological polar surface area (TPSA) is 26.0 Å². The summed E-state index contributed by atoms with van der Waals surface area (Å²) in [7, 11) is 0. The monoisotopic (exact) mass is 195 g/mol. The molecule has 1 atom stereocenters. The summed E-state index contributed by atoms with van der Waals surface area (Å²) in [6.07, 6.45) is 3.89. The van der Waals surface area contributed by atoms with Crippen LogP contribution in [0.25, 0.3) is 0 Å². The molecule has 0 amide bonds. The summed E-state index contributed by atoms with van der Waals surface area (Å²) in [5.74, 6) is -0.139. The number of hydrogen-bond acceptors (Lipinski definition) is 1. The van der Waals surface area contributed by atoms with Crippen molar-refractivity contribution < 1.29 is 4.39 Å². The maximum absolute atomic E-state index is 13.2. The van der Waals surface area contributed by atoms with Crippen molar-refractivity contribution in [2.75, 3.05) is 0 Å². The van der Waals surface area contributed by atoms with Gasteiger partial charge in [0.1, 0.15) is 5.82 Å². The summed E-state index contributed by atoms with van der Waals surface area (Å²) < 4.78 is 13.2. The van der Waals surface area contributed by atoms with Crippen LogP contribution in [0.5, 0.6) is 0 Å². The first-order valence-corrected chi connectivity index (χ1v) is 5.23. The molecule has 0 aliphatic carbocycles. The minimum atomic E-state index is -0.139. The summed E-state index contributed by atoms with van der Waals surface area (Å²) in [5, 5.41) is 0. The molecular formula is C12H18FN. The van der Waals surface area contributed by atoms with E-state index >= 15 is 0 Å². The Hall–Kier alpha value is -0.890. The normalized spacial score (nSPS) is 12.8. The minimum Gasteiger partial charge on any atom is -0.327 e. The second kappa shape index (κ2) is 5.76. The highest BCUT2D eigenvalue weighted by Gasteiger charge is 2.06. The van der Waals surface area contributed by atoms with Gasteiger partial charge in [0, 0.05) is 6.04 Å². The first kappa shape index (κ1) is 11.2. The molecule has 0 saturated heterocycles. The number of unbranched alkanes of at least 4 members (excludes halogenated alkanes) is 1. The van der Waals surface area contributed by atoms with Crippen molar-refractivity contribution in [3.8, 4) is 0 Å². The van der Waals surface area contributed by atoms with E-state index in [1.165, 1.54) is 6.07 Å². The summed E-state index contributed by atoms with van der Waals surface area (Å²) in [6, 6.07) is 6.94. The molecule has 0 aliphatic rings. The highest BCUT2D eigenvalue weighted by atomic mass is 19.1. The molecule has 1 nitrogen and oxygen atoms in total. The Morgan fingerprint density at radius 1 is 1.36 bits per heavy atom. The van der Waals surface area contributed by atoms with Crippen molar-refractivity contribution >= 4 is 0 Å². The molecule has 0 radical (unpaired) electrons. The van der Waals surface area contributed by atoms with Crippen LogP contribution in [0.4, 0.5) is 4.39 Å². The number of hydrogen-bond donors (Lipinski definition) is 1. The van der Waals surface area contributed by atoms with Crippen molar-refractivity contribution in [2.24, 2.45) is 5.73 Å². The molecular weight excluding hydrogens is 177 g/mol. The quantitative estimate of drug-likeness (QED) is 0.768. The van der Waals surface area contributed by atoms with E-state index in [2.05, 4.69) is 6.92 Å². The van der Waals surface area contributed by atoms with Crippen molar-refractivity contribution in [3.63, 3.8) is 0 Å². The van der Waals surface area contributed by atoms with Crippen molar-refractivity contribution in [1.29, 1.82) is 0 Å². The molecule has 0 aromatic heterocycles. The lowest BCUT2D eigenvalue weighted by Crippen LogP contribution is -2.23.